The van der Waals surface area contributed by atoms with Crippen molar-refractivity contribution < 1.29 is 4.39 Å². The quantitative estimate of drug-likeness (QED) is 0.801. The largest absolute Gasteiger partial charge is 0.360 e. The molecular formula is C20H25FN4. The van der Waals surface area contributed by atoms with Crippen LogP contribution in [0.1, 0.15) is 44.4 Å². The molecule has 4 rings (SSSR count). The molecule has 0 atom stereocenters. The summed E-state index contributed by atoms with van der Waals surface area (Å²) in [6.07, 6.45) is 3.72. The molecule has 0 bridgehead atoms. The summed E-state index contributed by atoms with van der Waals surface area (Å²) in [5.74, 6) is 0.836. The monoisotopic (exact) mass is 340 g/mol. The van der Waals surface area contributed by atoms with Gasteiger partial charge >= 0.3 is 0 Å². The third kappa shape index (κ3) is 2.92. The van der Waals surface area contributed by atoms with Gasteiger partial charge in [0, 0.05) is 13.1 Å². The SMILES string of the molecule is Cc1c(-c2ccc(F)cc2)[nH]c2c1NC(C)(C)N=C2N1CCCCC1. The molecule has 0 aliphatic carbocycles. The molecule has 0 saturated carbocycles. The van der Waals surface area contributed by atoms with E-state index in [0.717, 1.165) is 47.1 Å². The Hall–Kier alpha value is -2.30. The van der Waals surface area contributed by atoms with Gasteiger partial charge < -0.3 is 15.2 Å². The van der Waals surface area contributed by atoms with E-state index in [-0.39, 0.29) is 11.5 Å². The second-order valence-electron chi connectivity index (χ2n) is 7.55. The lowest BCUT2D eigenvalue weighted by Gasteiger charge is -2.36. The van der Waals surface area contributed by atoms with Gasteiger partial charge in [0.25, 0.3) is 0 Å². The lowest BCUT2D eigenvalue weighted by molar-refractivity contribution is 0.337. The lowest BCUT2D eigenvalue weighted by Crippen LogP contribution is -2.43. The smallest absolute Gasteiger partial charge is 0.152 e. The third-order valence-corrected chi connectivity index (χ3v) is 5.08. The molecule has 1 aromatic heterocycles. The lowest BCUT2D eigenvalue weighted by atomic mass is 10.0. The molecule has 1 saturated heterocycles. The van der Waals surface area contributed by atoms with E-state index < -0.39 is 0 Å². The topological polar surface area (TPSA) is 43.4 Å². The summed E-state index contributed by atoms with van der Waals surface area (Å²) in [4.78, 5) is 10.9. The molecule has 0 amide bonds. The molecule has 5 heteroatoms. The summed E-state index contributed by atoms with van der Waals surface area (Å²) in [6.45, 7) is 8.42. The number of fused-ring (bicyclic) bond motifs is 1. The normalized spacial score (nSPS) is 19.2. The maximum Gasteiger partial charge on any atom is 0.152 e. The number of likely N-dealkylation sites (tertiary alicyclic amines) is 1. The van der Waals surface area contributed by atoms with E-state index in [0.29, 0.717) is 0 Å². The van der Waals surface area contributed by atoms with E-state index in [9.17, 15) is 4.39 Å². The predicted molar refractivity (Wildman–Crippen MR) is 101 cm³/mol. The first kappa shape index (κ1) is 16.2. The molecule has 2 N–H and O–H groups in total. The van der Waals surface area contributed by atoms with Crippen LogP contribution in [0, 0.1) is 12.7 Å². The second-order valence-corrected chi connectivity index (χ2v) is 7.55. The van der Waals surface area contributed by atoms with Gasteiger partial charge in [-0.1, -0.05) is 0 Å². The molecule has 1 aromatic carbocycles. The van der Waals surface area contributed by atoms with Crippen LogP contribution in [-0.2, 0) is 0 Å². The number of H-pyrrole nitrogens is 1. The van der Waals surface area contributed by atoms with E-state index >= 15 is 0 Å². The van der Waals surface area contributed by atoms with Crippen LogP contribution < -0.4 is 5.32 Å². The molecule has 2 aliphatic rings. The molecule has 0 unspecified atom stereocenters. The molecule has 2 aliphatic heterocycles. The van der Waals surface area contributed by atoms with E-state index in [1.807, 2.05) is 12.1 Å². The molecule has 3 heterocycles. The Bertz CT molecular complexity index is 811. The van der Waals surface area contributed by atoms with E-state index in [4.69, 9.17) is 4.99 Å². The zero-order valence-electron chi connectivity index (χ0n) is 15.1. The van der Waals surface area contributed by atoms with Crippen LogP contribution in [0.2, 0.25) is 0 Å². The van der Waals surface area contributed by atoms with Gasteiger partial charge in [0.15, 0.2) is 5.84 Å². The highest BCUT2D eigenvalue weighted by atomic mass is 19.1. The fourth-order valence-corrected chi connectivity index (χ4v) is 3.81. The van der Waals surface area contributed by atoms with Gasteiger partial charge in [-0.15, -0.1) is 0 Å². The molecular weight excluding hydrogens is 315 g/mol. The van der Waals surface area contributed by atoms with Gasteiger partial charge in [-0.3, -0.25) is 0 Å². The molecule has 25 heavy (non-hydrogen) atoms. The first-order valence-electron chi connectivity index (χ1n) is 9.06. The van der Waals surface area contributed by atoms with Crippen molar-refractivity contribution in [3.8, 4) is 11.3 Å². The zero-order chi connectivity index (χ0) is 17.6. The standard InChI is InChI=1S/C20H25FN4/c1-13-16(14-7-9-15(21)10-8-14)22-18-17(13)23-20(2,3)24-19(18)25-11-5-4-6-12-25/h7-10,22-23H,4-6,11-12H2,1-3H3. The van der Waals surface area contributed by atoms with Crippen LogP contribution in [0.4, 0.5) is 10.1 Å². The van der Waals surface area contributed by atoms with E-state index in [2.05, 4.69) is 36.0 Å². The zero-order valence-corrected chi connectivity index (χ0v) is 15.1. The number of hydrogen-bond acceptors (Lipinski definition) is 3. The Morgan fingerprint density at radius 1 is 1.04 bits per heavy atom. The summed E-state index contributed by atoms with van der Waals surface area (Å²) in [5.41, 5.74) is 5.00. The third-order valence-electron chi connectivity index (χ3n) is 5.08. The van der Waals surface area contributed by atoms with Gasteiger partial charge in [0.2, 0.25) is 0 Å². The van der Waals surface area contributed by atoms with Crippen LogP contribution in [0.25, 0.3) is 11.3 Å². The number of rotatable bonds is 1. The minimum Gasteiger partial charge on any atom is -0.360 e. The molecule has 0 radical (unpaired) electrons. The number of nitrogens with one attached hydrogen (secondary N) is 2. The Morgan fingerprint density at radius 3 is 2.40 bits per heavy atom. The van der Waals surface area contributed by atoms with Gasteiger partial charge in [-0.2, -0.15) is 0 Å². The molecule has 2 aromatic rings. The second kappa shape index (κ2) is 5.90. The Kier molecular flexibility index (Phi) is 3.82. The Labute approximate surface area is 148 Å². The number of piperidine rings is 1. The fourth-order valence-electron chi connectivity index (χ4n) is 3.81. The Balaban J connectivity index is 1.81. The van der Waals surface area contributed by atoms with Gasteiger partial charge in [0.1, 0.15) is 17.2 Å². The van der Waals surface area contributed by atoms with Crippen LogP contribution in [0.3, 0.4) is 0 Å². The first-order chi connectivity index (χ1) is 11.9. The summed E-state index contributed by atoms with van der Waals surface area (Å²) < 4.78 is 13.3. The van der Waals surface area contributed by atoms with Crippen molar-refractivity contribution in [1.29, 1.82) is 0 Å². The molecule has 1 fully saturated rings. The maximum atomic E-state index is 13.3. The molecule has 4 nitrogen and oxygen atoms in total. The number of nitrogens with zero attached hydrogens (tertiary/aromatic N) is 2. The minimum absolute atomic E-state index is 0.215. The summed E-state index contributed by atoms with van der Waals surface area (Å²) in [5, 5.41) is 3.56. The number of halogens is 1. The van der Waals surface area contributed by atoms with Gasteiger partial charge in [-0.25, -0.2) is 9.38 Å². The van der Waals surface area contributed by atoms with Crippen molar-refractivity contribution in [3.05, 3.63) is 41.3 Å². The summed E-state index contributed by atoms with van der Waals surface area (Å²) >= 11 is 0. The first-order valence-corrected chi connectivity index (χ1v) is 9.06. The van der Waals surface area contributed by atoms with Crippen LogP contribution in [0.5, 0.6) is 0 Å². The molecule has 0 spiro atoms. The highest BCUT2D eigenvalue weighted by Crippen LogP contribution is 2.37. The number of aromatic amines is 1. The molecule has 132 valence electrons. The highest BCUT2D eigenvalue weighted by molar-refractivity contribution is 6.06. The maximum absolute atomic E-state index is 13.3. The fraction of sp³-hybridized carbons (Fsp3) is 0.450. The van der Waals surface area contributed by atoms with Crippen LogP contribution in [-0.4, -0.2) is 34.5 Å². The average Bonchev–Trinajstić information content (AvgIpc) is 2.92. The Morgan fingerprint density at radius 2 is 1.72 bits per heavy atom. The summed E-state index contributed by atoms with van der Waals surface area (Å²) in [6, 6.07) is 6.65. The minimum atomic E-state index is -0.340. The number of hydrogen-bond donors (Lipinski definition) is 2. The van der Waals surface area contributed by atoms with Crippen molar-refractivity contribution in [2.75, 3.05) is 18.4 Å². The predicted octanol–water partition coefficient (Wildman–Crippen LogP) is 4.52. The summed E-state index contributed by atoms with van der Waals surface area (Å²) in [7, 11) is 0. The van der Waals surface area contributed by atoms with Crippen molar-refractivity contribution >= 4 is 11.5 Å². The number of benzene rings is 1. The highest BCUT2D eigenvalue weighted by Gasteiger charge is 2.33. The van der Waals surface area contributed by atoms with Crippen molar-refractivity contribution in [3.63, 3.8) is 0 Å². The van der Waals surface area contributed by atoms with Gasteiger partial charge in [-0.05, 0) is 75.4 Å². The number of aromatic nitrogens is 1. The van der Waals surface area contributed by atoms with Crippen LogP contribution >= 0.6 is 0 Å². The van der Waals surface area contributed by atoms with Crippen molar-refractivity contribution in [1.82, 2.24) is 9.88 Å². The van der Waals surface area contributed by atoms with Crippen molar-refractivity contribution in [2.45, 2.75) is 45.7 Å². The van der Waals surface area contributed by atoms with E-state index in [1.165, 1.54) is 31.4 Å². The number of amidine groups is 1. The number of anilines is 1. The van der Waals surface area contributed by atoms with Crippen LogP contribution in [0.15, 0.2) is 29.3 Å². The van der Waals surface area contributed by atoms with Crippen molar-refractivity contribution in [2.24, 2.45) is 4.99 Å². The number of aliphatic imine (C=N–C) groups is 1. The van der Waals surface area contributed by atoms with E-state index in [1.54, 1.807) is 0 Å². The van der Waals surface area contributed by atoms with Gasteiger partial charge in [0.05, 0.1) is 11.4 Å². The average molecular weight is 340 g/mol.